The molecule has 0 saturated heterocycles. The first kappa shape index (κ1) is 79.6. The van der Waals surface area contributed by atoms with Crippen molar-refractivity contribution >= 4 is 17.9 Å². The van der Waals surface area contributed by atoms with Crippen LogP contribution in [0.4, 0.5) is 0 Å². The summed E-state index contributed by atoms with van der Waals surface area (Å²) in [6.07, 6.45) is 94.8. The van der Waals surface area contributed by atoms with Crippen LogP contribution in [0.5, 0.6) is 0 Å². The minimum Gasteiger partial charge on any atom is -0.462 e. The van der Waals surface area contributed by atoms with Crippen LogP contribution in [0.1, 0.15) is 367 Å². The molecule has 0 aromatic heterocycles. The molecule has 0 bridgehead atoms. The van der Waals surface area contributed by atoms with E-state index in [4.69, 9.17) is 14.2 Å². The van der Waals surface area contributed by atoms with Gasteiger partial charge in [-0.25, -0.2) is 0 Å². The van der Waals surface area contributed by atoms with Crippen molar-refractivity contribution < 1.29 is 28.6 Å². The average Bonchev–Trinajstić information content (AvgIpc) is 3.49. The monoisotopic (exact) mass is 1160 g/mol. The second kappa shape index (κ2) is 71.1. The van der Waals surface area contributed by atoms with Gasteiger partial charge < -0.3 is 14.2 Å². The second-order valence-corrected chi connectivity index (χ2v) is 24.1. The largest absolute Gasteiger partial charge is 0.462 e. The van der Waals surface area contributed by atoms with Gasteiger partial charge in [-0.05, 0) is 116 Å². The number of unbranched alkanes of at least 4 members (excludes halogenated alkanes) is 41. The third-order valence-corrected chi connectivity index (χ3v) is 15.9. The Labute approximate surface area is 515 Å². The van der Waals surface area contributed by atoms with Gasteiger partial charge >= 0.3 is 17.9 Å². The van der Waals surface area contributed by atoms with Crippen molar-refractivity contribution in [3.63, 3.8) is 0 Å². The number of carbonyl (C=O) groups is 3. The summed E-state index contributed by atoms with van der Waals surface area (Å²) in [5.74, 6) is -0.887. The van der Waals surface area contributed by atoms with Crippen molar-refractivity contribution in [1.82, 2.24) is 0 Å². The Morgan fingerprint density at radius 1 is 0.253 bits per heavy atom. The third kappa shape index (κ3) is 69.3. The summed E-state index contributed by atoms with van der Waals surface area (Å²) in [6, 6.07) is 0. The number of rotatable bonds is 66. The Morgan fingerprint density at radius 2 is 0.470 bits per heavy atom. The van der Waals surface area contributed by atoms with Crippen molar-refractivity contribution in [3.8, 4) is 0 Å². The summed E-state index contributed by atoms with van der Waals surface area (Å²) in [5, 5.41) is 0. The van der Waals surface area contributed by atoms with E-state index in [2.05, 4.69) is 106 Å². The van der Waals surface area contributed by atoms with E-state index in [1.807, 2.05) is 0 Å². The van der Waals surface area contributed by atoms with Gasteiger partial charge in [0, 0.05) is 19.3 Å². The predicted octanol–water partition coefficient (Wildman–Crippen LogP) is 25.0. The molecule has 6 nitrogen and oxygen atoms in total. The fraction of sp³-hybridized carbons (Fsp3) is 0.779. The lowest BCUT2D eigenvalue weighted by Gasteiger charge is -2.18. The molecule has 1 unspecified atom stereocenters. The molecule has 1 atom stereocenters. The number of allylic oxidation sites excluding steroid dienone is 14. The fourth-order valence-electron chi connectivity index (χ4n) is 10.5. The highest BCUT2D eigenvalue weighted by molar-refractivity contribution is 5.71. The van der Waals surface area contributed by atoms with Crippen LogP contribution in [0.15, 0.2) is 85.1 Å². The highest BCUT2D eigenvalue weighted by atomic mass is 16.6. The molecule has 0 spiro atoms. The quantitative estimate of drug-likeness (QED) is 0.0261. The van der Waals surface area contributed by atoms with Crippen LogP contribution in [0.25, 0.3) is 0 Å². The van der Waals surface area contributed by atoms with Gasteiger partial charge in [-0.1, -0.05) is 318 Å². The molecule has 0 aliphatic rings. The van der Waals surface area contributed by atoms with Crippen LogP contribution >= 0.6 is 0 Å². The summed E-state index contributed by atoms with van der Waals surface area (Å²) in [4.78, 5) is 38.4. The van der Waals surface area contributed by atoms with Gasteiger partial charge in [0.2, 0.25) is 0 Å². The molecule has 0 heterocycles. The zero-order valence-corrected chi connectivity index (χ0v) is 55.2. The van der Waals surface area contributed by atoms with Gasteiger partial charge in [0.05, 0.1) is 0 Å². The molecule has 0 aliphatic heterocycles. The Bertz CT molecular complexity index is 1570. The number of hydrogen-bond donors (Lipinski definition) is 0. The zero-order chi connectivity index (χ0) is 59.9. The first-order valence-corrected chi connectivity index (χ1v) is 36.1. The van der Waals surface area contributed by atoms with Crippen molar-refractivity contribution in [3.05, 3.63) is 85.1 Å². The third-order valence-electron chi connectivity index (χ3n) is 15.9. The van der Waals surface area contributed by atoms with E-state index in [0.29, 0.717) is 19.3 Å². The van der Waals surface area contributed by atoms with Crippen molar-refractivity contribution in [2.24, 2.45) is 0 Å². The van der Waals surface area contributed by atoms with E-state index in [-0.39, 0.29) is 31.1 Å². The maximum atomic E-state index is 12.9. The van der Waals surface area contributed by atoms with Gasteiger partial charge in [-0.2, -0.15) is 0 Å². The van der Waals surface area contributed by atoms with Crippen LogP contribution in [-0.2, 0) is 28.6 Å². The Hall–Kier alpha value is -3.41. The molecule has 0 N–H and O–H groups in total. The molecule has 0 radical (unpaired) electrons. The standard InChI is InChI=1S/C77H136O6/c1-4-7-10-13-16-19-22-25-27-29-31-32-33-34-35-36-37-38-39-40-41-42-43-44-46-47-49-52-55-58-61-64-67-70-76(79)82-73-74(72-81-75(78)69-66-63-60-57-54-51-24-21-18-15-12-9-6-3)83-77(80)71-68-65-62-59-56-53-50-48-45-30-28-26-23-20-17-14-11-8-5-2/h8,11,17,20-22,24-26,28-29,31,45,48,74H,4-7,9-10,12-16,18-19,23,27,30,32-44,46-47,49-73H2,1-3H3/b11-8-,20-17-,24-21-,25-22-,28-26-,31-29-,48-45-. The molecule has 83 heavy (non-hydrogen) atoms. The fourth-order valence-corrected chi connectivity index (χ4v) is 10.5. The molecular formula is C77H136O6. The number of esters is 3. The van der Waals surface area contributed by atoms with Crippen molar-refractivity contribution in [2.45, 2.75) is 374 Å². The van der Waals surface area contributed by atoms with E-state index in [1.165, 1.54) is 218 Å². The minimum atomic E-state index is -0.788. The lowest BCUT2D eigenvalue weighted by molar-refractivity contribution is -0.167. The summed E-state index contributed by atoms with van der Waals surface area (Å²) in [7, 11) is 0. The summed E-state index contributed by atoms with van der Waals surface area (Å²) < 4.78 is 17.0. The van der Waals surface area contributed by atoms with Crippen LogP contribution in [0, 0.1) is 0 Å². The highest BCUT2D eigenvalue weighted by Gasteiger charge is 2.19. The highest BCUT2D eigenvalue weighted by Crippen LogP contribution is 2.18. The molecule has 0 aliphatic carbocycles. The first-order chi connectivity index (χ1) is 41.0. The molecule has 6 heteroatoms. The van der Waals surface area contributed by atoms with E-state index in [9.17, 15) is 14.4 Å². The summed E-state index contributed by atoms with van der Waals surface area (Å²) >= 11 is 0. The van der Waals surface area contributed by atoms with Gasteiger partial charge in [-0.15, -0.1) is 0 Å². The van der Waals surface area contributed by atoms with E-state index in [1.54, 1.807) is 0 Å². The van der Waals surface area contributed by atoms with Crippen molar-refractivity contribution in [2.75, 3.05) is 13.2 Å². The number of ether oxygens (including phenoxy) is 3. The topological polar surface area (TPSA) is 78.9 Å². The lowest BCUT2D eigenvalue weighted by atomic mass is 10.0. The summed E-state index contributed by atoms with van der Waals surface area (Å²) in [5.41, 5.74) is 0. The molecule has 0 amide bonds. The molecule has 0 saturated carbocycles. The van der Waals surface area contributed by atoms with Gasteiger partial charge in [0.15, 0.2) is 6.10 Å². The Kier molecular flexibility index (Phi) is 68.2. The molecule has 0 aromatic rings. The minimum absolute atomic E-state index is 0.0818. The zero-order valence-electron chi connectivity index (χ0n) is 55.2. The van der Waals surface area contributed by atoms with Crippen molar-refractivity contribution in [1.29, 1.82) is 0 Å². The van der Waals surface area contributed by atoms with E-state index in [0.717, 1.165) is 109 Å². The maximum Gasteiger partial charge on any atom is 0.306 e. The van der Waals surface area contributed by atoms with Crippen LogP contribution in [-0.4, -0.2) is 37.2 Å². The smallest absolute Gasteiger partial charge is 0.306 e. The number of carbonyl (C=O) groups excluding carboxylic acids is 3. The molecule has 0 aromatic carbocycles. The van der Waals surface area contributed by atoms with Gasteiger partial charge in [0.25, 0.3) is 0 Å². The first-order valence-electron chi connectivity index (χ1n) is 36.1. The van der Waals surface area contributed by atoms with E-state index >= 15 is 0 Å². The molecule has 0 fully saturated rings. The number of hydrogen-bond acceptors (Lipinski definition) is 6. The maximum absolute atomic E-state index is 12.9. The van der Waals surface area contributed by atoms with Crippen LogP contribution < -0.4 is 0 Å². The normalized spacial score (nSPS) is 12.6. The van der Waals surface area contributed by atoms with Crippen LogP contribution in [0.2, 0.25) is 0 Å². The molecular weight excluding hydrogens is 1020 g/mol. The Morgan fingerprint density at radius 3 is 0.759 bits per heavy atom. The van der Waals surface area contributed by atoms with Gasteiger partial charge in [-0.3, -0.25) is 14.4 Å². The van der Waals surface area contributed by atoms with E-state index < -0.39 is 6.10 Å². The SMILES string of the molecule is CC/C=C\C/C=C\C/C=C\C/C=C\CCCCCCCCC(=O)OC(COC(=O)CCCCCCC/C=C\CCCCCC)COC(=O)CCCCCCCCCCCCCCCCCCCCCCC/C=C\C/C=C\CCCCCCC. The predicted molar refractivity (Wildman–Crippen MR) is 362 cm³/mol. The summed E-state index contributed by atoms with van der Waals surface area (Å²) in [6.45, 7) is 6.53. The Balaban J connectivity index is 4.17. The lowest BCUT2D eigenvalue weighted by Crippen LogP contribution is -2.30. The second-order valence-electron chi connectivity index (χ2n) is 24.1. The molecule has 480 valence electrons. The average molecular weight is 1160 g/mol. The van der Waals surface area contributed by atoms with Crippen LogP contribution in [0.3, 0.4) is 0 Å². The van der Waals surface area contributed by atoms with Gasteiger partial charge in [0.1, 0.15) is 13.2 Å². The molecule has 0 rings (SSSR count).